The van der Waals surface area contributed by atoms with Crippen molar-refractivity contribution < 1.29 is 9.18 Å². The second-order valence-electron chi connectivity index (χ2n) is 4.92. The van der Waals surface area contributed by atoms with Crippen LogP contribution in [0.1, 0.15) is 23.6 Å². The van der Waals surface area contributed by atoms with Gasteiger partial charge in [0.1, 0.15) is 11.6 Å². The highest BCUT2D eigenvalue weighted by Crippen LogP contribution is 2.28. The van der Waals surface area contributed by atoms with E-state index in [1.54, 1.807) is 19.1 Å². The average Bonchev–Trinajstić information content (AvgIpc) is 2.36. The van der Waals surface area contributed by atoms with Crippen molar-refractivity contribution in [1.29, 1.82) is 0 Å². The van der Waals surface area contributed by atoms with E-state index in [0.717, 1.165) is 27.8 Å². The van der Waals surface area contributed by atoms with Gasteiger partial charge in [0.05, 0.1) is 0 Å². The second kappa shape index (κ2) is 5.35. The molecular weight excluding hydrogens is 239 g/mol. The van der Waals surface area contributed by atoms with Crippen molar-refractivity contribution in [2.24, 2.45) is 0 Å². The summed E-state index contributed by atoms with van der Waals surface area (Å²) in [6, 6.07) is 10.5. The quantitative estimate of drug-likeness (QED) is 0.802. The lowest BCUT2D eigenvalue weighted by atomic mass is 9.91. The molecule has 0 N–H and O–H groups in total. The summed E-state index contributed by atoms with van der Waals surface area (Å²) < 4.78 is 13.0. The van der Waals surface area contributed by atoms with Crippen LogP contribution >= 0.6 is 0 Å². The molecule has 98 valence electrons. The molecule has 1 nitrogen and oxygen atoms in total. The summed E-state index contributed by atoms with van der Waals surface area (Å²) >= 11 is 0. The number of aryl methyl sites for hydroxylation is 1. The SMILES string of the molecule is CC(=O)Cc1c(C)ccc(-c2ccc(F)cc2)c1C. The van der Waals surface area contributed by atoms with Crippen molar-refractivity contribution >= 4 is 5.78 Å². The Hall–Kier alpha value is -1.96. The Labute approximate surface area is 113 Å². The van der Waals surface area contributed by atoms with Gasteiger partial charge >= 0.3 is 0 Å². The lowest BCUT2D eigenvalue weighted by Gasteiger charge is -2.13. The number of ketones is 1. The van der Waals surface area contributed by atoms with Gasteiger partial charge in [0.2, 0.25) is 0 Å². The standard InChI is InChI=1S/C17H17FO/c1-11-4-9-16(13(3)17(11)10-12(2)19)14-5-7-15(18)8-6-14/h4-9H,10H2,1-3H3. The molecule has 0 radical (unpaired) electrons. The summed E-state index contributed by atoms with van der Waals surface area (Å²) in [4.78, 5) is 11.4. The first kappa shape index (κ1) is 13.5. The molecule has 19 heavy (non-hydrogen) atoms. The fourth-order valence-electron chi connectivity index (χ4n) is 2.36. The monoisotopic (exact) mass is 256 g/mol. The highest BCUT2D eigenvalue weighted by atomic mass is 19.1. The number of rotatable bonds is 3. The maximum atomic E-state index is 13.0. The lowest BCUT2D eigenvalue weighted by molar-refractivity contribution is -0.116. The van der Waals surface area contributed by atoms with Crippen molar-refractivity contribution in [3.8, 4) is 11.1 Å². The lowest BCUT2D eigenvalue weighted by Crippen LogP contribution is -2.02. The van der Waals surface area contributed by atoms with Crippen LogP contribution in [0.15, 0.2) is 36.4 Å². The smallest absolute Gasteiger partial charge is 0.134 e. The summed E-state index contributed by atoms with van der Waals surface area (Å²) in [6.45, 7) is 5.63. The molecule has 0 aliphatic heterocycles. The van der Waals surface area contributed by atoms with Crippen molar-refractivity contribution in [2.75, 3.05) is 0 Å². The van der Waals surface area contributed by atoms with E-state index < -0.39 is 0 Å². The molecule has 0 aromatic heterocycles. The van der Waals surface area contributed by atoms with E-state index in [0.29, 0.717) is 6.42 Å². The van der Waals surface area contributed by atoms with Gasteiger partial charge in [-0.2, -0.15) is 0 Å². The molecule has 0 aliphatic rings. The van der Waals surface area contributed by atoms with E-state index in [1.807, 2.05) is 26.0 Å². The summed E-state index contributed by atoms with van der Waals surface area (Å²) in [6.07, 6.45) is 0.451. The van der Waals surface area contributed by atoms with Crippen LogP contribution in [0.4, 0.5) is 4.39 Å². The van der Waals surface area contributed by atoms with E-state index in [9.17, 15) is 9.18 Å². The first-order chi connectivity index (χ1) is 8.99. The van der Waals surface area contributed by atoms with Crippen molar-refractivity contribution in [2.45, 2.75) is 27.2 Å². The Morgan fingerprint density at radius 1 is 1.05 bits per heavy atom. The number of benzene rings is 2. The molecular formula is C17H17FO. The average molecular weight is 256 g/mol. The molecule has 0 aliphatic carbocycles. The molecule has 0 fully saturated rings. The Balaban J connectivity index is 2.53. The largest absolute Gasteiger partial charge is 0.300 e. The van der Waals surface area contributed by atoms with Crippen molar-refractivity contribution in [1.82, 2.24) is 0 Å². The van der Waals surface area contributed by atoms with Gasteiger partial charge < -0.3 is 0 Å². The number of carbonyl (C=O) groups is 1. The number of carbonyl (C=O) groups excluding carboxylic acids is 1. The van der Waals surface area contributed by atoms with Crippen LogP contribution in [0, 0.1) is 19.7 Å². The Kier molecular flexibility index (Phi) is 3.79. The van der Waals surface area contributed by atoms with Crippen LogP contribution in [0.5, 0.6) is 0 Å². The van der Waals surface area contributed by atoms with Gasteiger partial charge in [-0.3, -0.25) is 4.79 Å². The number of Topliss-reactive ketones (excluding diaryl/α,β-unsaturated/α-hetero) is 1. The van der Waals surface area contributed by atoms with Gasteiger partial charge in [0, 0.05) is 6.42 Å². The molecule has 0 unspecified atom stereocenters. The summed E-state index contributed by atoms with van der Waals surface area (Å²) in [5, 5.41) is 0. The third-order valence-corrected chi connectivity index (χ3v) is 3.41. The maximum absolute atomic E-state index is 13.0. The first-order valence-electron chi connectivity index (χ1n) is 6.33. The minimum absolute atomic E-state index is 0.155. The van der Waals surface area contributed by atoms with E-state index in [4.69, 9.17) is 0 Å². The molecule has 2 aromatic carbocycles. The third-order valence-electron chi connectivity index (χ3n) is 3.41. The topological polar surface area (TPSA) is 17.1 Å². The zero-order valence-corrected chi connectivity index (χ0v) is 11.5. The summed E-state index contributed by atoms with van der Waals surface area (Å²) in [7, 11) is 0. The van der Waals surface area contributed by atoms with Gasteiger partial charge in [0.15, 0.2) is 0 Å². The van der Waals surface area contributed by atoms with E-state index in [1.165, 1.54) is 12.1 Å². The molecule has 0 atom stereocenters. The van der Waals surface area contributed by atoms with E-state index >= 15 is 0 Å². The normalized spacial score (nSPS) is 10.5. The van der Waals surface area contributed by atoms with Gasteiger partial charge in [-0.1, -0.05) is 24.3 Å². The predicted molar refractivity (Wildman–Crippen MR) is 75.7 cm³/mol. The van der Waals surface area contributed by atoms with Crippen LogP contribution in [-0.4, -0.2) is 5.78 Å². The second-order valence-corrected chi connectivity index (χ2v) is 4.92. The molecule has 0 spiro atoms. The minimum atomic E-state index is -0.238. The number of halogens is 1. The molecule has 2 heteroatoms. The Bertz CT molecular complexity index is 612. The molecule has 0 heterocycles. The van der Waals surface area contributed by atoms with E-state index in [2.05, 4.69) is 0 Å². The van der Waals surface area contributed by atoms with Gasteiger partial charge in [-0.15, -0.1) is 0 Å². The van der Waals surface area contributed by atoms with Crippen LogP contribution < -0.4 is 0 Å². The number of hydrogen-bond acceptors (Lipinski definition) is 1. The van der Waals surface area contributed by atoms with Crippen LogP contribution in [0.3, 0.4) is 0 Å². The highest BCUT2D eigenvalue weighted by molar-refractivity contribution is 5.80. The molecule has 2 aromatic rings. The minimum Gasteiger partial charge on any atom is -0.300 e. The molecule has 0 amide bonds. The van der Waals surface area contributed by atoms with Crippen LogP contribution in [0.2, 0.25) is 0 Å². The van der Waals surface area contributed by atoms with Gasteiger partial charge in [-0.25, -0.2) is 4.39 Å². The Morgan fingerprint density at radius 2 is 1.68 bits per heavy atom. The zero-order valence-electron chi connectivity index (χ0n) is 11.5. The molecule has 0 bridgehead atoms. The fraction of sp³-hybridized carbons (Fsp3) is 0.235. The predicted octanol–water partition coefficient (Wildman–Crippen LogP) is 4.24. The highest BCUT2D eigenvalue weighted by Gasteiger charge is 2.10. The molecule has 0 saturated carbocycles. The van der Waals surface area contributed by atoms with E-state index in [-0.39, 0.29) is 11.6 Å². The summed E-state index contributed by atoms with van der Waals surface area (Å²) in [5.41, 5.74) is 5.33. The van der Waals surface area contributed by atoms with Gasteiger partial charge in [-0.05, 0) is 60.7 Å². The first-order valence-corrected chi connectivity index (χ1v) is 6.33. The van der Waals surface area contributed by atoms with Crippen LogP contribution in [0.25, 0.3) is 11.1 Å². The number of hydrogen-bond donors (Lipinski definition) is 0. The maximum Gasteiger partial charge on any atom is 0.134 e. The van der Waals surface area contributed by atoms with Crippen LogP contribution in [-0.2, 0) is 11.2 Å². The van der Waals surface area contributed by atoms with Crippen molar-refractivity contribution in [3.63, 3.8) is 0 Å². The molecule has 2 rings (SSSR count). The molecule has 0 saturated heterocycles. The van der Waals surface area contributed by atoms with Crippen molar-refractivity contribution in [3.05, 3.63) is 58.9 Å². The third kappa shape index (κ3) is 2.90. The Morgan fingerprint density at radius 3 is 2.26 bits per heavy atom. The fourth-order valence-corrected chi connectivity index (χ4v) is 2.36. The zero-order chi connectivity index (χ0) is 14.0. The van der Waals surface area contributed by atoms with Gasteiger partial charge in [0.25, 0.3) is 0 Å². The summed E-state index contributed by atoms with van der Waals surface area (Å²) in [5.74, 6) is -0.0834.